The van der Waals surface area contributed by atoms with Crippen molar-refractivity contribution in [2.75, 3.05) is 19.6 Å². The zero-order valence-electron chi connectivity index (χ0n) is 16.0. The van der Waals surface area contributed by atoms with Crippen molar-refractivity contribution in [3.63, 3.8) is 0 Å². The fourth-order valence-electron chi connectivity index (χ4n) is 3.82. The van der Waals surface area contributed by atoms with Gasteiger partial charge < -0.3 is 10.2 Å². The predicted molar refractivity (Wildman–Crippen MR) is 105 cm³/mol. The van der Waals surface area contributed by atoms with Crippen LogP contribution in [0.2, 0.25) is 0 Å². The van der Waals surface area contributed by atoms with Crippen molar-refractivity contribution >= 4 is 22.6 Å². The molecule has 4 rings (SSSR count). The molecule has 1 aliphatic rings. The third-order valence-electron chi connectivity index (χ3n) is 5.29. The molecule has 2 amide bonds. The highest BCUT2D eigenvalue weighted by Crippen LogP contribution is 2.19. The summed E-state index contributed by atoms with van der Waals surface area (Å²) in [6, 6.07) is 13.5. The van der Waals surface area contributed by atoms with Crippen molar-refractivity contribution in [3.05, 3.63) is 64.6 Å². The first kappa shape index (κ1) is 18.9. The van der Waals surface area contributed by atoms with Gasteiger partial charge in [-0.3, -0.25) is 14.1 Å². The van der Waals surface area contributed by atoms with E-state index in [1.54, 1.807) is 4.90 Å². The van der Waals surface area contributed by atoms with Gasteiger partial charge in [-0.2, -0.15) is 0 Å². The lowest BCUT2D eigenvalue weighted by atomic mass is 9.97. The van der Waals surface area contributed by atoms with Crippen LogP contribution in [-0.2, 0) is 11.3 Å². The van der Waals surface area contributed by atoms with Gasteiger partial charge in [-0.15, -0.1) is 0 Å². The molecule has 8 heteroatoms. The number of carbonyl (C=O) groups excluding carboxylic acids is 2. The van der Waals surface area contributed by atoms with Crippen molar-refractivity contribution in [1.29, 1.82) is 0 Å². The molecule has 0 spiro atoms. The van der Waals surface area contributed by atoms with Gasteiger partial charge in [0, 0.05) is 25.2 Å². The molecule has 2 aromatic carbocycles. The number of rotatable bonds is 5. The maximum Gasteiger partial charge on any atom is 0.426 e. The van der Waals surface area contributed by atoms with Crippen LogP contribution in [0, 0.1) is 5.92 Å². The van der Waals surface area contributed by atoms with E-state index in [9.17, 15) is 14.4 Å². The van der Waals surface area contributed by atoms with Gasteiger partial charge >= 0.3 is 5.63 Å². The van der Waals surface area contributed by atoms with Crippen LogP contribution in [0.15, 0.2) is 58.0 Å². The molecular weight excluding hydrogens is 372 g/mol. The summed E-state index contributed by atoms with van der Waals surface area (Å²) >= 11 is 0. The van der Waals surface area contributed by atoms with Gasteiger partial charge in [0.1, 0.15) is 0 Å². The number of aromatic nitrogens is 2. The SMILES string of the molecule is O=C(NCC1CCCN(C(=O)C[n+]2cc(=O)o[nH]2)C1)c1cccc2ccccc12. The number of nitrogens with one attached hydrogen (secondary N) is 2. The monoisotopic (exact) mass is 395 g/mol. The number of amides is 2. The van der Waals surface area contributed by atoms with Gasteiger partial charge in [-0.25, -0.2) is 4.79 Å². The minimum absolute atomic E-state index is 0.0286. The summed E-state index contributed by atoms with van der Waals surface area (Å²) in [5.74, 6) is 0.00827. The lowest BCUT2D eigenvalue weighted by Crippen LogP contribution is -2.50. The average Bonchev–Trinajstić information content (AvgIpc) is 3.16. The van der Waals surface area contributed by atoms with Gasteiger partial charge in [0.2, 0.25) is 0 Å². The second-order valence-corrected chi connectivity index (χ2v) is 7.35. The Bertz CT molecular complexity index is 1080. The molecule has 1 saturated heterocycles. The Morgan fingerprint density at radius 1 is 1.21 bits per heavy atom. The number of aromatic amines is 1. The van der Waals surface area contributed by atoms with Gasteiger partial charge in [0.05, 0.1) is 0 Å². The summed E-state index contributed by atoms with van der Waals surface area (Å²) in [6.07, 6.45) is 3.05. The Morgan fingerprint density at radius 2 is 2.03 bits per heavy atom. The molecule has 2 N–H and O–H groups in total. The second-order valence-electron chi connectivity index (χ2n) is 7.35. The molecule has 150 valence electrons. The first-order valence-corrected chi connectivity index (χ1v) is 9.72. The number of hydrogen-bond donors (Lipinski definition) is 2. The Balaban J connectivity index is 1.35. The normalized spacial score (nSPS) is 16.7. The van der Waals surface area contributed by atoms with E-state index in [0.717, 1.165) is 23.6 Å². The second kappa shape index (κ2) is 8.30. The minimum atomic E-state index is -0.523. The van der Waals surface area contributed by atoms with E-state index in [4.69, 9.17) is 0 Å². The third kappa shape index (κ3) is 4.37. The third-order valence-corrected chi connectivity index (χ3v) is 5.29. The van der Waals surface area contributed by atoms with E-state index in [0.29, 0.717) is 25.2 Å². The predicted octanol–water partition coefficient (Wildman–Crippen LogP) is 1.08. The van der Waals surface area contributed by atoms with Crippen molar-refractivity contribution in [3.8, 4) is 0 Å². The summed E-state index contributed by atoms with van der Waals surface area (Å²) in [6.45, 7) is 1.80. The summed E-state index contributed by atoms with van der Waals surface area (Å²) in [4.78, 5) is 38.0. The van der Waals surface area contributed by atoms with E-state index in [1.807, 2.05) is 42.5 Å². The Hall–Kier alpha value is -3.42. The zero-order chi connectivity index (χ0) is 20.2. The van der Waals surface area contributed by atoms with E-state index >= 15 is 0 Å². The number of piperidine rings is 1. The number of likely N-dealkylation sites (tertiary alicyclic amines) is 1. The molecule has 29 heavy (non-hydrogen) atoms. The van der Waals surface area contributed by atoms with Crippen LogP contribution in [0.4, 0.5) is 0 Å². The molecule has 0 radical (unpaired) electrons. The molecule has 0 aliphatic carbocycles. The van der Waals surface area contributed by atoms with E-state index in [1.165, 1.54) is 10.9 Å². The summed E-state index contributed by atoms with van der Waals surface area (Å²) in [5.41, 5.74) is 0.137. The summed E-state index contributed by atoms with van der Waals surface area (Å²) in [7, 11) is 0. The van der Waals surface area contributed by atoms with Gasteiger partial charge in [0.25, 0.3) is 24.6 Å². The van der Waals surface area contributed by atoms with E-state index < -0.39 is 5.63 Å². The van der Waals surface area contributed by atoms with E-state index in [2.05, 4.69) is 15.1 Å². The van der Waals surface area contributed by atoms with Gasteiger partial charge in [-0.1, -0.05) is 41.1 Å². The Morgan fingerprint density at radius 3 is 2.86 bits per heavy atom. The molecule has 3 aromatic rings. The number of nitrogens with zero attached hydrogens (tertiary/aromatic N) is 2. The van der Waals surface area contributed by atoms with Crippen LogP contribution in [0.5, 0.6) is 0 Å². The van der Waals surface area contributed by atoms with Crippen LogP contribution < -0.4 is 15.6 Å². The Labute approximate surface area is 167 Å². The highest BCUT2D eigenvalue weighted by atomic mass is 16.5. The van der Waals surface area contributed by atoms with Gasteiger partial charge in [0.15, 0.2) is 0 Å². The molecule has 0 saturated carbocycles. The van der Waals surface area contributed by atoms with E-state index in [-0.39, 0.29) is 24.3 Å². The fraction of sp³-hybridized carbons (Fsp3) is 0.333. The molecule has 1 unspecified atom stereocenters. The number of H-pyrrole nitrogens is 1. The first-order chi connectivity index (χ1) is 14.1. The van der Waals surface area contributed by atoms with Crippen LogP contribution >= 0.6 is 0 Å². The molecule has 1 fully saturated rings. The largest absolute Gasteiger partial charge is 0.426 e. The first-order valence-electron chi connectivity index (χ1n) is 9.72. The van der Waals surface area contributed by atoms with Crippen molar-refractivity contribution in [1.82, 2.24) is 15.5 Å². The summed E-state index contributed by atoms with van der Waals surface area (Å²) < 4.78 is 5.91. The lowest BCUT2D eigenvalue weighted by molar-refractivity contribution is -0.751. The number of fused-ring (bicyclic) bond motifs is 1. The highest BCUT2D eigenvalue weighted by Gasteiger charge is 2.27. The topological polar surface area (TPSA) is 99.3 Å². The standard InChI is InChI=1S/C21H22N4O4/c26-19(13-25-14-20(27)29-23-25)24-10-4-5-15(12-24)11-22-21(28)18-9-3-7-16-6-1-2-8-17(16)18/h1-3,6-9,14-15H,4-5,10-13H2,(H-,22,23,27,28)/p+1. The van der Waals surface area contributed by atoms with Gasteiger partial charge in [-0.05, 0) is 40.9 Å². The maximum atomic E-state index is 12.7. The molecule has 0 bridgehead atoms. The number of benzene rings is 2. The molecule has 1 aliphatic heterocycles. The molecule has 8 nitrogen and oxygen atoms in total. The van der Waals surface area contributed by atoms with Crippen LogP contribution in [-0.4, -0.2) is 41.6 Å². The molecule has 1 aromatic heterocycles. The van der Waals surface area contributed by atoms with Crippen LogP contribution in [0.3, 0.4) is 0 Å². The number of carbonyl (C=O) groups is 2. The maximum absolute atomic E-state index is 12.7. The lowest BCUT2D eigenvalue weighted by Gasteiger charge is -2.32. The Kier molecular flexibility index (Phi) is 5.41. The molecule has 1 atom stereocenters. The van der Waals surface area contributed by atoms with Crippen molar-refractivity contribution in [2.45, 2.75) is 19.4 Å². The molecular formula is C21H23N4O4+. The summed E-state index contributed by atoms with van der Waals surface area (Å²) in [5, 5.41) is 7.37. The fourth-order valence-corrected chi connectivity index (χ4v) is 3.82. The molecule has 2 heterocycles. The quantitative estimate of drug-likeness (QED) is 0.632. The average molecular weight is 395 g/mol. The van der Waals surface area contributed by atoms with Crippen molar-refractivity contribution < 1.29 is 18.8 Å². The zero-order valence-corrected chi connectivity index (χ0v) is 16.0. The van der Waals surface area contributed by atoms with Crippen LogP contribution in [0.1, 0.15) is 23.2 Å². The minimum Gasteiger partial charge on any atom is -0.352 e. The highest BCUT2D eigenvalue weighted by molar-refractivity contribution is 6.06. The van der Waals surface area contributed by atoms with Crippen molar-refractivity contribution in [2.24, 2.45) is 5.92 Å². The van der Waals surface area contributed by atoms with Crippen LogP contribution in [0.25, 0.3) is 10.8 Å². The number of hydrogen-bond acceptors (Lipinski definition) is 4. The smallest absolute Gasteiger partial charge is 0.352 e.